The number of likely N-dealkylation sites (tertiary alicyclic amines) is 1. The molecule has 3 atom stereocenters. The van der Waals surface area contributed by atoms with Gasteiger partial charge in [-0.15, -0.1) is 0 Å². The van der Waals surface area contributed by atoms with Crippen molar-refractivity contribution >= 4 is 15.7 Å². The number of hydrogen-bond acceptors (Lipinski definition) is 5. The van der Waals surface area contributed by atoms with E-state index in [1.807, 2.05) is 12.1 Å². The van der Waals surface area contributed by atoms with Crippen molar-refractivity contribution in [1.82, 2.24) is 4.90 Å². The number of fused-ring (bicyclic) bond motifs is 3. The molecule has 0 radical (unpaired) electrons. The highest BCUT2D eigenvalue weighted by Gasteiger charge is 2.54. The fourth-order valence-electron chi connectivity index (χ4n) is 6.32. The van der Waals surface area contributed by atoms with Crippen LogP contribution in [0.2, 0.25) is 0 Å². The van der Waals surface area contributed by atoms with Gasteiger partial charge in [-0.05, 0) is 54.5 Å². The predicted molar refractivity (Wildman–Crippen MR) is 125 cm³/mol. The summed E-state index contributed by atoms with van der Waals surface area (Å²) in [4.78, 5) is 2.34. The zero-order valence-electron chi connectivity index (χ0n) is 18.5. The number of β-amino-alcohol motifs (C(OH)–C–C–N with tert-alkyl or cyclic N) is 1. The summed E-state index contributed by atoms with van der Waals surface area (Å²) >= 11 is 0. The van der Waals surface area contributed by atoms with E-state index in [0.29, 0.717) is 18.7 Å². The van der Waals surface area contributed by atoms with Gasteiger partial charge < -0.3 is 10.2 Å². The van der Waals surface area contributed by atoms with Crippen LogP contribution >= 0.6 is 0 Å². The lowest BCUT2D eigenvalue weighted by Crippen LogP contribution is -2.56. The molecule has 1 heterocycles. The SMILES string of the molecule is CS(=O)(=O)Nc1cccc(C2(O)C3CCC2CN(CC2(O)CCc4ccccc4C2)C3)c1. The molecule has 1 saturated heterocycles. The third-order valence-corrected chi connectivity index (χ3v) is 8.32. The predicted octanol–water partition coefficient (Wildman–Crippen LogP) is 2.51. The van der Waals surface area contributed by atoms with E-state index in [0.717, 1.165) is 50.6 Å². The number of nitrogens with zero attached hydrogens (tertiary/aromatic N) is 1. The van der Waals surface area contributed by atoms with Crippen molar-refractivity contribution in [2.45, 2.75) is 43.3 Å². The molecule has 2 bridgehead atoms. The highest BCUT2D eigenvalue weighted by molar-refractivity contribution is 7.92. The molecule has 1 saturated carbocycles. The number of benzene rings is 2. The molecule has 2 aromatic carbocycles. The van der Waals surface area contributed by atoms with Crippen molar-refractivity contribution < 1.29 is 18.6 Å². The zero-order valence-corrected chi connectivity index (χ0v) is 19.3. The van der Waals surface area contributed by atoms with E-state index in [-0.39, 0.29) is 11.8 Å². The molecule has 0 amide bonds. The summed E-state index contributed by atoms with van der Waals surface area (Å²) in [5.74, 6) is 0.128. The van der Waals surface area contributed by atoms with Gasteiger partial charge >= 0.3 is 0 Å². The molecular weight excluding hydrogens is 424 g/mol. The Morgan fingerprint density at radius 1 is 1.03 bits per heavy atom. The summed E-state index contributed by atoms with van der Waals surface area (Å²) in [5, 5.41) is 23.2. The Morgan fingerprint density at radius 3 is 2.41 bits per heavy atom. The quantitative estimate of drug-likeness (QED) is 0.643. The average molecular weight is 457 g/mol. The van der Waals surface area contributed by atoms with Gasteiger partial charge in [0.15, 0.2) is 0 Å². The maximum absolute atomic E-state index is 11.8. The van der Waals surface area contributed by atoms with Crippen LogP contribution in [0.25, 0.3) is 0 Å². The molecule has 0 spiro atoms. The first-order valence-corrected chi connectivity index (χ1v) is 13.4. The molecule has 32 heavy (non-hydrogen) atoms. The molecule has 172 valence electrons. The molecular formula is C25H32N2O4S. The van der Waals surface area contributed by atoms with E-state index in [9.17, 15) is 18.6 Å². The largest absolute Gasteiger partial charge is 0.388 e. The van der Waals surface area contributed by atoms with Gasteiger partial charge in [0.1, 0.15) is 0 Å². The topological polar surface area (TPSA) is 89.9 Å². The lowest BCUT2D eigenvalue weighted by Gasteiger charge is -2.47. The second-order valence-electron chi connectivity index (χ2n) is 10.1. The van der Waals surface area contributed by atoms with Gasteiger partial charge in [-0.2, -0.15) is 0 Å². The first kappa shape index (κ1) is 21.9. The second kappa shape index (κ2) is 7.83. The number of anilines is 1. The van der Waals surface area contributed by atoms with Crippen molar-refractivity contribution in [1.29, 1.82) is 0 Å². The third-order valence-electron chi connectivity index (χ3n) is 7.71. The zero-order chi connectivity index (χ0) is 22.6. The summed E-state index contributed by atoms with van der Waals surface area (Å²) in [6.45, 7) is 2.10. The molecule has 6 nitrogen and oxygen atoms in total. The van der Waals surface area contributed by atoms with Crippen LogP contribution in [0.3, 0.4) is 0 Å². The number of nitrogens with one attached hydrogen (secondary N) is 1. The Balaban J connectivity index is 1.32. The number of piperidine rings is 1. The normalized spacial score (nSPS) is 32.5. The van der Waals surface area contributed by atoms with Crippen molar-refractivity contribution in [3.05, 3.63) is 65.2 Å². The van der Waals surface area contributed by atoms with E-state index < -0.39 is 21.2 Å². The molecule has 7 heteroatoms. The lowest BCUT2D eigenvalue weighted by molar-refractivity contribution is -0.106. The Bertz CT molecular complexity index is 1100. The fourth-order valence-corrected chi connectivity index (χ4v) is 6.87. The summed E-state index contributed by atoms with van der Waals surface area (Å²) in [6, 6.07) is 15.6. The third kappa shape index (κ3) is 4.07. The monoisotopic (exact) mass is 456 g/mol. The van der Waals surface area contributed by atoms with Crippen LogP contribution in [-0.2, 0) is 28.5 Å². The maximum Gasteiger partial charge on any atom is 0.229 e. The molecule has 1 aliphatic heterocycles. The highest BCUT2D eigenvalue weighted by Crippen LogP contribution is 2.52. The van der Waals surface area contributed by atoms with Gasteiger partial charge in [0.25, 0.3) is 0 Å². The Hall–Kier alpha value is -1.93. The van der Waals surface area contributed by atoms with Crippen LogP contribution in [0.15, 0.2) is 48.5 Å². The summed E-state index contributed by atoms with van der Waals surface area (Å²) in [5.41, 5.74) is 2.15. The number of aryl methyl sites for hydroxylation is 1. The molecule has 2 aliphatic carbocycles. The molecule has 3 N–H and O–H groups in total. The minimum atomic E-state index is -3.38. The van der Waals surface area contributed by atoms with Crippen molar-refractivity contribution in [2.75, 3.05) is 30.6 Å². The average Bonchev–Trinajstić information content (AvgIpc) is 2.90. The van der Waals surface area contributed by atoms with Crippen LogP contribution in [0.5, 0.6) is 0 Å². The number of sulfonamides is 1. The number of hydrogen-bond donors (Lipinski definition) is 3. The second-order valence-corrected chi connectivity index (χ2v) is 11.9. The molecule has 0 aromatic heterocycles. The van der Waals surface area contributed by atoms with Crippen molar-refractivity contribution in [3.8, 4) is 0 Å². The summed E-state index contributed by atoms with van der Waals surface area (Å²) in [6.07, 6.45) is 5.34. The van der Waals surface area contributed by atoms with E-state index in [2.05, 4.69) is 27.8 Å². The molecule has 3 aliphatic rings. The van der Waals surface area contributed by atoms with Gasteiger partial charge in [-0.25, -0.2) is 8.42 Å². The summed E-state index contributed by atoms with van der Waals surface area (Å²) in [7, 11) is -3.38. The van der Waals surface area contributed by atoms with E-state index in [1.165, 1.54) is 11.1 Å². The Morgan fingerprint density at radius 2 is 1.72 bits per heavy atom. The van der Waals surface area contributed by atoms with Crippen LogP contribution < -0.4 is 4.72 Å². The van der Waals surface area contributed by atoms with Gasteiger partial charge in [0, 0.05) is 43.6 Å². The van der Waals surface area contributed by atoms with E-state index >= 15 is 0 Å². The van der Waals surface area contributed by atoms with Crippen LogP contribution in [0.4, 0.5) is 5.69 Å². The lowest BCUT2D eigenvalue weighted by atomic mass is 9.74. The van der Waals surface area contributed by atoms with Crippen LogP contribution in [0, 0.1) is 11.8 Å². The standard InChI is InChI=1S/C25H32N2O4S/c1-32(30,31)26-23-8-4-7-20(13-23)25(29)21-9-10-22(25)16-27(15-21)17-24(28)12-11-18-5-2-3-6-19(18)14-24/h2-8,13,21-22,26,28-29H,9-12,14-17H2,1H3. The van der Waals surface area contributed by atoms with E-state index in [4.69, 9.17) is 0 Å². The minimum absolute atomic E-state index is 0.0641. The molecule has 3 unspecified atom stereocenters. The Labute approximate surface area is 190 Å². The van der Waals surface area contributed by atoms with Gasteiger partial charge in [-0.3, -0.25) is 9.62 Å². The molecule has 2 aromatic rings. The number of rotatable bonds is 5. The van der Waals surface area contributed by atoms with Gasteiger partial charge in [-0.1, -0.05) is 36.4 Å². The first-order valence-electron chi connectivity index (χ1n) is 11.5. The first-order chi connectivity index (χ1) is 15.1. The van der Waals surface area contributed by atoms with Crippen LogP contribution in [0.1, 0.15) is 36.0 Å². The van der Waals surface area contributed by atoms with Crippen molar-refractivity contribution in [2.24, 2.45) is 11.8 Å². The highest BCUT2D eigenvalue weighted by atomic mass is 32.2. The smallest absolute Gasteiger partial charge is 0.229 e. The summed E-state index contributed by atoms with van der Waals surface area (Å²) < 4.78 is 25.8. The fraction of sp³-hybridized carbons (Fsp3) is 0.520. The van der Waals surface area contributed by atoms with Gasteiger partial charge in [0.2, 0.25) is 10.0 Å². The molecule has 5 rings (SSSR count). The van der Waals surface area contributed by atoms with Crippen molar-refractivity contribution in [3.63, 3.8) is 0 Å². The minimum Gasteiger partial charge on any atom is -0.388 e. The van der Waals surface area contributed by atoms with Gasteiger partial charge in [0.05, 0.1) is 17.5 Å². The Kier molecular flexibility index (Phi) is 5.36. The molecule has 2 fully saturated rings. The van der Waals surface area contributed by atoms with E-state index in [1.54, 1.807) is 18.2 Å². The van der Waals surface area contributed by atoms with Crippen LogP contribution in [-0.4, -0.2) is 55.0 Å². The number of aliphatic hydroxyl groups is 2. The maximum atomic E-state index is 11.8.